The van der Waals surface area contributed by atoms with Gasteiger partial charge in [0.05, 0.1) is 18.3 Å². The van der Waals surface area contributed by atoms with Gasteiger partial charge in [-0.15, -0.1) is 0 Å². The summed E-state index contributed by atoms with van der Waals surface area (Å²) in [5, 5.41) is 3.40. The van der Waals surface area contributed by atoms with Gasteiger partial charge in [0.1, 0.15) is 0 Å². The third-order valence-corrected chi connectivity index (χ3v) is 2.83. The van der Waals surface area contributed by atoms with E-state index in [1.54, 1.807) is 17.7 Å². The largest absolute Gasteiger partial charge is 0.383 e. The first-order valence-electron chi connectivity index (χ1n) is 6.04. The lowest BCUT2D eigenvalue weighted by Gasteiger charge is -2.23. The van der Waals surface area contributed by atoms with Crippen LogP contribution in [0.5, 0.6) is 0 Å². The van der Waals surface area contributed by atoms with E-state index < -0.39 is 0 Å². The van der Waals surface area contributed by atoms with E-state index in [0.717, 1.165) is 5.69 Å². The van der Waals surface area contributed by atoms with Crippen LogP contribution in [-0.2, 0) is 11.3 Å². The molecule has 1 heterocycles. The lowest BCUT2D eigenvalue weighted by Crippen LogP contribution is -2.31. The highest BCUT2D eigenvalue weighted by Crippen LogP contribution is 2.11. The number of rotatable bonds is 6. The van der Waals surface area contributed by atoms with Gasteiger partial charge in [-0.05, 0) is 18.9 Å². The second kappa shape index (κ2) is 6.45. The van der Waals surface area contributed by atoms with E-state index in [-0.39, 0.29) is 11.6 Å². The molecule has 1 aromatic rings. The number of nitrogens with one attached hydrogen (secondary N) is 1. The van der Waals surface area contributed by atoms with Crippen molar-refractivity contribution in [3.63, 3.8) is 0 Å². The van der Waals surface area contributed by atoms with Crippen molar-refractivity contribution in [2.24, 2.45) is 5.92 Å². The Morgan fingerprint density at radius 1 is 1.41 bits per heavy atom. The second-order valence-electron chi connectivity index (χ2n) is 4.49. The van der Waals surface area contributed by atoms with Crippen LogP contribution in [0, 0.1) is 5.92 Å². The number of ether oxygens (including phenoxy) is 1. The summed E-state index contributed by atoms with van der Waals surface area (Å²) >= 11 is 0. The van der Waals surface area contributed by atoms with Crippen LogP contribution < -0.4 is 10.9 Å². The molecule has 0 aromatic carbocycles. The highest BCUT2D eigenvalue weighted by molar-refractivity contribution is 5.41. The number of methoxy groups -OCH3 is 1. The van der Waals surface area contributed by atoms with Crippen molar-refractivity contribution in [1.82, 2.24) is 4.57 Å². The second-order valence-corrected chi connectivity index (χ2v) is 4.49. The van der Waals surface area contributed by atoms with Crippen LogP contribution in [0.3, 0.4) is 0 Å². The average Bonchev–Trinajstić information content (AvgIpc) is 2.30. The van der Waals surface area contributed by atoms with Gasteiger partial charge in [0.2, 0.25) is 0 Å². The first kappa shape index (κ1) is 13.8. The van der Waals surface area contributed by atoms with Gasteiger partial charge < -0.3 is 14.6 Å². The van der Waals surface area contributed by atoms with Crippen LogP contribution in [-0.4, -0.2) is 24.3 Å². The van der Waals surface area contributed by atoms with Crippen LogP contribution in [0.4, 0.5) is 5.69 Å². The van der Waals surface area contributed by atoms with E-state index in [9.17, 15) is 4.79 Å². The molecule has 0 aliphatic carbocycles. The van der Waals surface area contributed by atoms with Gasteiger partial charge in [-0.25, -0.2) is 0 Å². The van der Waals surface area contributed by atoms with Crippen molar-refractivity contribution in [2.75, 3.05) is 19.0 Å². The van der Waals surface area contributed by atoms with Crippen molar-refractivity contribution in [3.8, 4) is 0 Å². The molecule has 0 bridgehead atoms. The van der Waals surface area contributed by atoms with Crippen molar-refractivity contribution in [3.05, 3.63) is 28.7 Å². The van der Waals surface area contributed by atoms with Crippen molar-refractivity contribution < 1.29 is 4.74 Å². The summed E-state index contributed by atoms with van der Waals surface area (Å²) in [6.45, 7) is 7.59. The highest BCUT2D eigenvalue weighted by Gasteiger charge is 2.12. The standard InChI is InChI=1S/C13H22N2O2/c1-5-15-8-11(6-7-13(15)16)14-12(9-17-4)10(2)3/h6-8,10,12,14H,5,9H2,1-4H3. The van der Waals surface area contributed by atoms with Crippen LogP contribution in [0.15, 0.2) is 23.1 Å². The van der Waals surface area contributed by atoms with E-state index in [4.69, 9.17) is 4.74 Å². The van der Waals surface area contributed by atoms with E-state index in [1.165, 1.54) is 0 Å². The molecule has 1 atom stereocenters. The molecule has 0 amide bonds. The maximum Gasteiger partial charge on any atom is 0.250 e. The molecule has 4 nitrogen and oxygen atoms in total. The monoisotopic (exact) mass is 238 g/mol. The molecule has 0 radical (unpaired) electrons. The minimum Gasteiger partial charge on any atom is -0.383 e. The normalized spacial score (nSPS) is 12.8. The zero-order valence-corrected chi connectivity index (χ0v) is 11.1. The maximum absolute atomic E-state index is 11.5. The number of anilines is 1. The molecule has 1 unspecified atom stereocenters. The van der Waals surface area contributed by atoms with Gasteiger partial charge >= 0.3 is 0 Å². The molecule has 96 valence electrons. The Hall–Kier alpha value is -1.29. The summed E-state index contributed by atoms with van der Waals surface area (Å²) in [4.78, 5) is 11.5. The zero-order valence-electron chi connectivity index (χ0n) is 11.1. The van der Waals surface area contributed by atoms with Gasteiger partial charge in [0.25, 0.3) is 5.56 Å². The van der Waals surface area contributed by atoms with Gasteiger partial charge in [-0.2, -0.15) is 0 Å². The van der Waals surface area contributed by atoms with Crippen LogP contribution in [0.1, 0.15) is 20.8 Å². The summed E-state index contributed by atoms with van der Waals surface area (Å²) in [6, 6.07) is 3.66. The quantitative estimate of drug-likeness (QED) is 0.823. The predicted octanol–water partition coefficient (Wildman–Crippen LogP) is 1.95. The Morgan fingerprint density at radius 2 is 2.12 bits per heavy atom. The number of hydrogen-bond donors (Lipinski definition) is 1. The first-order chi connectivity index (χ1) is 8.08. The molecule has 1 N–H and O–H groups in total. The summed E-state index contributed by atoms with van der Waals surface area (Å²) in [5.74, 6) is 0.469. The molecule has 0 aliphatic heterocycles. The molecule has 0 saturated carbocycles. The van der Waals surface area contributed by atoms with Gasteiger partial charge in [-0.1, -0.05) is 13.8 Å². The zero-order chi connectivity index (χ0) is 12.8. The van der Waals surface area contributed by atoms with Crippen molar-refractivity contribution >= 4 is 5.69 Å². The lowest BCUT2D eigenvalue weighted by molar-refractivity contribution is 0.171. The predicted molar refractivity (Wildman–Crippen MR) is 70.5 cm³/mol. The number of nitrogens with zero attached hydrogens (tertiary/aromatic N) is 1. The minimum atomic E-state index is 0.0332. The minimum absolute atomic E-state index is 0.0332. The lowest BCUT2D eigenvalue weighted by atomic mass is 10.1. The SMILES string of the molecule is CCn1cc(NC(COC)C(C)C)ccc1=O. The fraction of sp³-hybridized carbons (Fsp3) is 0.615. The molecule has 17 heavy (non-hydrogen) atoms. The number of aromatic nitrogens is 1. The Balaban J connectivity index is 2.82. The molecule has 0 saturated heterocycles. The Labute approximate surface area is 103 Å². The molecule has 4 heteroatoms. The molecular formula is C13H22N2O2. The van der Waals surface area contributed by atoms with Gasteiger partial charge in [-0.3, -0.25) is 4.79 Å². The number of pyridine rings is 1. The molecular weight excluding hydrogens is 216 g/mol. The molecule has 0 fully saturated rings. The van der Waals surface area contributed by atoms with Gasteiger partial charge in [0.15, 0.2) is 0 Å². The van der Waals surface area contributed by atoms with Crippen molar-refractivity contribution in [2.45, 2.75) is 33.4 Å². The highest BCUT2D eigenvalue weighted by atomic mass is 16.5. The number of hydrogen-bond acceptors (Lipinski definition) is 3. The summed E-state index contributed by atoms with van der Waals surface area (Å²) in [7, 11) is 1.70. The third-order valence-electron chi connectivity index (χ3n) is 2.83. The maximum atomic E-state index is 11.5. The van der Waals surface area contributed by atoms with Gasteiger partial charge in [0, 0.05) is 25.9 Å². The fourth-order valence-electron chi connectivity index (χ4n) is 1.66. The molecule has 0 spiro atoms. The molecule has 1 rings (SSSR count). The van der Waals surface area contributed by atoms with Crippen molar-refractivity contribution in [1.29, 1.82) is 0 Å². The first-order valence-corrected chi connectivity index (χ1v) is 6.04. The van der Waals surface area contributed by atoms with Crippen LogP contribution >= 0.6 is 0 Å². The third kappa shape index (κ3) is 3.89. The summed E-state index contributed by atoms with van der Waals surface area (Å²) < 4.78 is 6.87. The molecule has 0 aliphatic rings. The van der Waals surface area contributed by atoms with E-state index in [0.29, 0.717) is 19.1 Å². The molecule has 1 aromatic heterocycles. The topological polar surface area (TPSA) is 43.3 Å². The summed E-state index contributed by atoms with van der Waals surface area (Å²) in [5.41, 5.74) is 0.994. The Kier molecular flexibility index (Phi) is 5.22. The van der Waals surface area contributed by atoms with E-state index >= 15 is 0 Å². The van der Waals surface area contributed by atoms with E-state index in [2.05, 4.69) is 19.2 Å². The van der Waals surface area contributed by atoms with Crippen LogP contribution in [0.2, 0.25) is 0 Å². The Morgan fingerprint density at radius 3 is 2.65 bits per heavy atom. The Bertz CT molecular complexity index is 399. The van der Waals surface area contributed by atoms with E-state index in [1.807, 2.05) is 19.2 Å². The number of aryl methyl sites for hydroxylation is 1. The fourth-order valence-corrected chi connectivity index (χ4v) is 1.66. The van der Waals surface area contributed by atoms with Crippen LogP contribution in [0.25, 0.3) is 0 Å². The summed E-state index contributed by atoms with van der Waals surface area (Å²) in [6.07, 6.45) is 1.85. The average molecular weight is 238 g/mol. The smallest absolute Gasteiger partial charge is 0.250 e.